The van der Waals surface area contributed by atoms with E-state index in [1.165, 1.54) is 12.3 Å². The summed E-state index contributed by atoms with van der Waals surface area (Å²) in [5, 5.41) is 5.95. The molecule has 2 amide bonds. The fourth-order valence-corrected chi connectivity index (χ4v) is 3.49. The van der Waals surface area contributed by atoms with Crippen molar-refractivity contribution < 1.29 is 14.0 Å². The first-order valence-electron chi connectivity index (χ1n) is 9.36. The molecule has 0 atom stereocenters. The molecule has 6 heteroatoms. The predicted molar refractivity (Wildman–Crippen MR) is 103 cm³/mol. The van der Waals surface area contributed by atoms with Gasteiger partial charge in [0, 0.05) is 12.1 Å². The van der Waals surface area contributed by atoms with Gasteiger partial charge >= 0.3 is 0 Å². The molecule has 0 bridgehead atoms. The number of nitrogens with one attached hydrogen (secondary N) is 2. The van der Waals surface area contributed by atoms with Crippen LogP contribution in [0.2, 0.25) is 0 Å². The van der Waals surface area contributed by atoms with Crippen molar-refractivity contribution in [2.75, 3.05) is 6.54 Å². The molecule has 0 saturated heterocycles. The SMILES string of the molecule is C=CC(=O)NC1(CNC(=O)c2cnc(-c3ccccc3)o2)CCCCCC1. The fourth-order valence-electron chi connectivity index (χ4n) is 3.49. The van der Waals surface area contributed by atoms with Crippen LogP contribution in [0.15, 0.2) is 53.6 Å². The molecule has 1 fully saturated rings. The minimum atomic E-state index is -0.445. The highest BCUT2D eigenvalue weighted by Crippen LogP contribution is 2.27. The molecule has 0 unspecified atom stereocenters. The van der Waals surface area contributed by atoms with Crippen LogP contribution in [-0.4, -0.2) is 28.9 Å². The van der Waals surface area contributed by atoms with Crippen LogP contribution in [0.5, 0.6) is 0 Å². The minimum absolute atomic E-state index is 0.160. The summed E-state index contributed by atoms with van der Waals surface area (Å²) in [6.07, 6.45) is 8.69. The van der Waals surface area contributed by atoms with E-state index in [0.29, 0.717) is 12.4 Å². The van der Waals surface area contributed by atoms with Gasteiger partial charge in [-0.25, -0.2) is 4.98 Å². The quantitative estimate of drug-likeness (QED) is 0.605. The molecule has 3 rings (SSSR count). The zero-order valence-corrected chi connectivity index (χ0v) is 15.4. The molecule has 2 N–H and O–H groups in total. The van der Waals surface area contributed by atoms with Gasteiger partial charge in [-0.05, 0) is 31.1 Å². The number of amides is 2. The third-order valence-electron chi connectivity index (χ3n) is 4.97. The minimum Gasteiger partial charge on any atom is -0.431 e. The summed E-state index contributed by atoms with van der Waals surface area (Å²) in [5.74, 6) is 0.0240. The first kappa shape index (κ1) is 18.9. The van der Waals surface area contributed by atoms with Gasteiger partial charge in [-0.15, -0.1) is 0 Å². The Balaban J connectivity index is 1.68. The highest BCUT2D eigenvalue weighted by molar-refractivity contribution is 5.91. The first-order valence-corrected chi connectivity index (χ1v) is 9.36. The molecule has 6 nitrogen and oxygen atoms in total. The zero-order chi connectivity index (χ0) is 19.1. The van der Waals surface area contributed by atoms with E-state index < -0.39 is 5.54 Å². The van der Waals surface area contributed by atoms with E-state index in [1.807, 2.05) is 30.3 Å². The largest absolute Gasteiger partial charge is 0.431 e. The molecule has 27 heavy (non-hydrogen) atoms. The smallest absolute Gasteiger partial charge is 0.288 e. The number of oxazole rings is 1. The zero-order valence-electron chi connectivity index (χ0n) is 15.4. The number of hydrogen-bond donors (Lipinski definition) is 2. The second kappa shape index (κ2) is 8.66. The van der Waals surface area contributed by atoms with Crippen LogP contribution in [0.3, 0.4) is 0 Å². The van der Waals surface area contributed by atoms with Crippen LogP contribution in [-0.2, 0) is 4.79 Å². The maximum absolute atomic E-state index is 12.5. The number of hydrogen-bond acceptors (Lipinski definition) is 4. The molecule has 1 aliphatic carbocycles. The highest BCUT2D eigenvalue weighted by Gasteiger charge is 2.32. The van der Waals surface area contributed by atoms with E-state index >= 15 is 0 Å². The molecule has 0 radical (unpaired) electrons. The third kappa shape index (κ3) is 4.84. The summed E-state index contributed by atoms with van der Waals surface area (Å²) >= 11 is 0. The fraction of sp³-hybridized carbons (Fsp3) is 0.381. The van der Waals surface area contributed by atoms with E-state index in [2.05, 4.69) is 22.2 Å². The Morgan fingerprint density at radius 3 is 2.52 bits per heavy atom. The van der Waals surface area contributed by atoms with Gasteiger partial charge in [-0.3, -0.25) is 9.59 Å². The average molecular weight is 367 g/mol. The monoisotopic (exact) mass is 367 g/mol. The molecule has 0 aliphatic heterocycles. The van der Waals surface area contributed by atoms with Gasteiger partial charge in [0.25, 0.3) is 5.91 Å². The van der Waals surface area contributed by atoms with Crippen molar-refractivity contribution in [1.29, 1.82) is 0 Å². The number of rotatable bonds is 6. The molecule has 1 aliphatic rings. The molecular weight excluding hydrogens is 342 g/mol. The van der Waals surface area contributed by atoms with Crippen molar-refractivity contribution in [2.24, 2.45) is 0 Å². The lowest BCUT2D eigenvalue weighted by atomic mass is 9.89. The Morgan fingerprint density at radius 2 is 1.85 bits per heavy atom. The summed E-state index contributed by atoms with van der Waals surface area (Å²) in [6.45, 7) is 3.89. The van der Waals surface area contributed by atoms with Crippen molar-refractivity contribution in [1.82, 2.24) is 15.6 Å². The second-order valence-corrected chi connectivity index (χ2v) is 6.97. The van der Waals surface area contributed by atoms with Crippen LogP contribution in [0.1, 0.15) is 49.1 Å². The lowest BCUT2D eigenvalue weighted by Crippen LogP contribution is -2.55. The van der Waals surface area contributed by atoms with Crippen LogP contribution in [0.4, 0.5) is 0 Å². The molecule has 2 aromatic rings. The normalized spacial score (nSPS) is 16.1. The Hall–Kier alpha value is -2.89. The molecule has 1 aromatic carbocycles. The Kier molecular flexibility index (Phi) is 6.06. The van der Waals surface area contributed by atoms with Gasteiger partial charge in [-0.1, -0.05) is 50.5 Å². The van der Waals surface area contributed by atoms with Crippen molar-refractivity contribution in [3.8, 4) is 11.5 Å². The lowest BCUT2D eigenvalue weighted by molar-refractivity contribution is -0.118. The van der Waals surface area contributed by atoms with E-state index in [0.717, 1.165) is 44.1 Å². The third-order valence-corrected chi connectivity index (χ3v) is 4.97. The van der Waals surface area contributed by atoms with Gasteiger partial charge < -0.3 is 15.1 Å². The predicted octanol–water partition coefficient (Wildman–Crippen LogP) is 3.47. The van der Waals surface area contributed by atoms with Crippen LogP contribution in [0.25, 0.3) is 11.5 Å². The maximum atomic E-state index is 12.5. The van der Waals surface area contributed by atoms with E-state index in [9.17, 15) is 9.59 Å². The number of carbonyl (C=O) groups is 2. The van der Waals surface area contributed by atoms with Crippen molar-refractivity contribution in [2.45, 2.75) is 44.1 Å². The standard InChI is InChI=1S/C21H25N3O3/c1-2-18(25)24-21(12-8-3-4-9-13-21)15-23-19(26)17-14-22-20(27-17)16-10-6-5-7-11-16/h2,5-7,10-11,14H,1,3-4,8-9,12-13,15H2,(H,23,26)(H,24,25). The Morgan fingerprint density at radius 1 is 1.15 bits per heavy atom. The van der Waals surface area contributed by atoms with Crippen LogP contribution in [0, 0.1) is 0 Å². The summed E-state index contributed by atoms with van der Waals surface area (Å²) in [7, 11) is 0. The van der Waals surface area contributed by atoms with Crippen molar-refractivity contribution >= 4 is 11.8 Å². The molecule has 1 heterocycles. The van der Waals surface area contributed by atoms with E-state index in [4.69, 9.17) is 4.42 Å². The lowest BCUT2D eigenvalue weighted by Gasteiger charge is -2.33. The summed E-state index contributed by atoms with van der Waals surface area (Å²) in [6, 6.07) is 9.43. The average Bonchev–Trinajstić information content (AvgIpc) is 3.09. The first-order chi connectivity index (χ1) is 13.1. The number of nitrogens with zero attached hydrogens (tertiary/aromatic N) is 1. The van der Waals surface area contributed by atoms with Gasteiger partial charge in [0.1, 0.15) is 0 Å². The highest BCUT2D eigenvalue weighted by atomic mass is 16.4. The van der Waals surface area contributed by atoms with Gasteiger partial charge in [0.05, 0.1) is 11.7 Å². The number of aromatic nitrogens is 1. The van der Waals surface area contributed by atoms with Crippen molar-refractivity contribution in [3.63, 3.8) is 0 Å². The summed E-state index contributed by atoms with van der Waals surface area (Å²) < 4.78 is 5.60. The topological polar surface area (TPSA) is 84.2 Å². The maximum Gasteiger partial charge on any atom is 0.288 e. The van der Waals surface area contributed by atoms with Gasteiger partial charge in [0.2, 0.25) is 17.6 Å². The molecule has 0 spiro atoms. The van der Waals surface area contributed by atoms with Crippen LogP contribution >= 0.6 is 0 Å². The Labute approximate surface area is 159 Å². The van der Waals surface area contributed by atoms with E-state index in [-0.39, 0.29) is 17.6 Å². The summed E-state index contributed by atoms with van der Waals surface area (Å²) in [5.41, 5.74) is 0.370. The van der Waals surface area contributed by atoms with Crippen LogP contribution < -0.4 is 10.6 Å². The summed E-state index contributed by atoms with van der Waals surface area (Å²) in [4.78, 5) is 28.6. The van der Waals surface area contributed by atoms with E-state index in [1.54, 1.807) is 0 Å². The molecule has 142 valence electrons. The molecule has 1 aromatic heterocycles. The Bertz CT molecular complexity index is 790. The molecular formula is C21H25N3O3. The van der Waals surface area contributed by atoms with Crippen molar-refractivity contribution in [3.05, 3.63) is 54.9 Å². The second-order valence-electron chi connectivity index (χ2n) is 6.97. The molecule has 1 saturated carbocycles. The van der Waals surface area contributed by atoms with Gasteiger partial charge in [-0.2, -0.15) is 0 Å². The number of carbonyl (C=O) groups excluding carboxylic acids is 2. The number of benzene rings is 1. The van der Waals surface area contributed by atoms with Gasteiger partial charge in [0.15, 0.2) is 0 Å².